The van der Waals surface area contributed by atoms with Crippen LogP contribution < -0.4 is 14.8 Å². The summed E-state index contributed by atoms with van der Waals surface area (Å²) in [4.78, 5) is 0. The Kier molecular flexibility index (Phi) is 4.02. The molecule has 0 unspecified atom stereocenters. The second kappa shape index (κ2) is 5.91. The highest BCUT2D eigenvalue weighted by atomic mass is 35.5. The lowest BCUT2D eigenvalue weighted by atomic mass is 9.89. The largest absolute Gasteiger partial charge is 0.486 e. The lowest BCUT2D eigenvalue weighted by molar-refractivity contribution is 0.171. The third-order valence-electron chi connectivity index (χ3n) is 3.94. The molecule has 1 aromatic rings. The van der Waals surface area contributed by atoms with Crippen molar-refractivity contribution in [3.8, 4) is 11.5 Å². The first-order valence-electron chi connectivity index (χ1n) is 7.16. The van der Waals surface area contributed by atoms with Gasteiger partial charge >= 0.3 is 0 Å². The van der Waals surface area contributed by atoms with Gasteiger partial charge < -0.3 is 14.8 Å². The number of hydrogen-bond acceptors (Lipinski definition) is 3. The Hall–Kier alpha value is -1.09. The van der Waals surface area contributed by atoms with Crippen molar-refractivity contribution in [2.75, 3.05) is 25.1 Å². The Labute approximate surface area is 119 Å². The zero-order valence-electron chi connectivity index (χ0n) is 11.1. The summed E-state index contributed by atoms with van der Waals surface area (Å²) in [6.07, 6.45) is 6.77. The predicted octanol–water partition coefficient (Wildman–Crippen LogP) is 4.10. The molecule has 104 valence electrons. The molecule has 1 aliphatic heterocycles. The molecule has 0 radical (unpaired) electrons. The Morgan fingerprint density at radius 2 is 1.74 bits per heavy atom. The fraction of sp³-hybridized carbons (Fsp3) is 0.600. The molecule has 1 fully saturated rings. The third kappa shape index (κ3) is 3.08. The van der Waals surface area contributed by atoms with Gasteiger partial charge in [-0.2, -0.15) is 0 Å². The van der Waals surface area contributed by atoms with Crippen LogP contribution in [0.15, 0.2) is 12.1 Å². The Morgan fingerprint density at radius 1 is 1.05 bits per heavy atom. The number of anilines is 1. The van der Waals surface area contributed by atoms with E-state index < -0.39 is 0 Å². The summed E-state index contributed by atoms with van der Waals surface area (Å²) in [5.74, 6) is 2.32. The van der Waals surface area contributed by atoms with E-state index in [2.05, 4.69) is 5.32 Å². The quantitative estimate of drug-likeness (QED) is 0.905. The maximum Gasteiger partial charge on any atom is 0.163 e. The van der Waals surface area contributed by atoms with Gasteiger partial charge in [-0.15, -0.1) is 0 Å². The van der Waals surface area contributed by atoms with Gasteiger partial charge in [-0.1, -0.05) is 30.9 Å². The monoisotopic (exact) mass is 281 g/mol. The van der Waals surface area contributed by atoms with Crippen molar-refractivity contribution in [2.24, 2.45) is 5.92 Å². The molecule has 0 bridgehead atoms. The molecular weight excluding hydrogens is 262 g/mol. The first kappa shape index (κ1) is 12.9. The first-order valence-corrected chi connectivity index (χ1v) is 7.54. The van der Waals surface area contributed by atoms with E-state index in [4.69, 9.17) is 21.1 Å². The summed E-state index contributed by atoms with van der Waals surface area (Å²) in [6.45, 7) is 2.20. The summed E-state index contributed by atoms with van der Waals surface area (Å²) in [5, 5.41) is 4.17. The molecule has 0 spiro atoms. The van der Waals surface area contributed by atoms with Gasteiger partial charge in [0.2, 0.25) is 0 Å². The number of fused-ring (bicyclic) bond motifs is 1. The fourth-order valence-electron chi connectivity index (χ4n) is 2.85. The fourth-order valence-corrected chi connectivity index (χ4v) is 3.07. The minimum atomic E-state index is 0.595. The molecular formula is C15H20ClNO2. The van der Waals surface area contributed by atoms with Gasteiger partial charge in [0, 0.05) is 18.7 Å². The Bertz CT molecular complexity index is 444. The number of ether oxygens (including phenoxy) is 2. The van der Waals surface area contributed by atoms with Crippen molar-refractivity contribution in [1.82, 2.24) is 0 Å². The van der Waals surface area contributed by atoms with Crippen molar-refractivity contribution in [3.05, 3.63) is 17.2 Å². The number of rotatable bonds is 3. The molecule has 2 aliphatic rings. The van der Waals surface area contributed by atoms with Crippen molar-refractivity contribution in [3.63, 3.8) is 0 Å². The van der Waals surface area contributed by atoms with Crippen LogP contribution in [0.5, 0.6) is 11.5 Å². The average Bonchev–Trinajstić information content (AvgIpc) is 2.46. The maximum atomic E-state index is 6.28. The van der Waals surface area contributed by atoms with Crippen LogP contribution in [0.1, 0.15) is 32.1 Å². The minimum absolute atomic E-state index is 0.595. The van der Waals surface area contributed by atoms with E-state index in [1.165, 1.54) is 32.1 Å². The topological polar surface area (TPSA) is 30.5 Å². The molecule has 4 heteroatoms. The second-order valence-corrected chi connectivity index (χ2v) is 5.77. The van der Waals surface area contributed by atoms with E-state index in [-0.39, 0.29) is 0 Å². The zero-order valence-corrected chi connectivity index (χ0v) is 11.8. The van der Waals surface area contributed by atoms with Crippen LogP contribution in [0, 0.1) is 5.92 Å². The Morgan fingerprint density at radius 3 is 2.47 bits per heavy atom. The van der Waals surface area contributed by atoms with Crippen molar-refractivity contribution in [2.45, 2.75) is 32.1 Å². The molecule has 0 amide bonds. The highest BCUT2D eigenvalue weighted by Crippen LogP contribution is 2.38. The molecule has 3 rings (SSSR count). The molecule has 3 nitrogen and oxygen atoms in total. The standard InChI is InChI=1S/C15H20ClNO2/c16-12-8-14-15(19-7-6-18-14)9-13(12)17-10-11-4-2-1-3-5-11/h8-9,11,17H,1-7,10H2. The molecule has 1 N–H and O–H groups in total. The van der Waals surface area contributed by atoms with E-state index >= 15 is 0 Å². The van der Waals surface area contributed by atoms with Gasteiger partial charge in [-0.3, -0.25) is 0 Å². The summed E-state index contributed by atoms with van der Waals surface area (Å²) in [7, 11) is 0. The highest BCUT2D eigenvalue weighted by molar-refractivity contribution is 6.33. The molecule has 19 heavy (non-hydrogen) atoms. The van der Waals surface area contributed by atoms with E-state index in [0.717, 1.165) is 29.6 Å². The lowest BCUT2D eigenvalue weighted by Gasteiger charge is -2.24. The van der Waals surface area contributed by atoms with Gasteiger partial charge in [-0.25, -0.2) is 0 Å². The number of nitrogens with one attached hydrogen (secondary N) is 1. The van der Waals surface area contributed by atoms with Crippen molar-refractivity contribution < 1.29 is 9.47 Å². The van der Waals surface area contributed by atoms with E-state index in [1.807, 2.05) is 12.1 Å². The number of halogens is 1. The van der Waals surface area contributed by atoms with Crippen LogP contribution in [0.2, 0.25) is 5.02 Å². The minimum Gasteiger partial charge on any atom is -0.486 e. The van der Waals surface area contributed by atoms with Gasteiger partial charge in [-0.05, 0) is 18.8 Å². The van der Waals surface area contributed by atoms with Crippen LogP contribution in [0.4, 0.5) is 5.69 Å². The Balaban J connectivity index is 1.66. The summed E-state index contributed by atoms with van der Waals surface area (Å²) in [5.41, 5.74) is 0.955. The SMILES string of the molecule is Clc1cc2c(cc1NCC1CCCCC1)OCCO2. The van der Waals surface area contributed by atoms with E-state index in [0.29, 0.717) is 18.2 Å². The number of hydrogen-bond donors (Lipinski definition) is 1. The van der Waals surface area contributed by atoms with Crippen LogP contribution >= 0.6 is 11.6 Å². The first-order chi connectivity index (χ1) is 9.33. The van der Waals surface area contributed by atoms with Crippen molar-refractivity contribution in [1.29, 1.82) is 0 Å². The smallest absolute Gasteiger partial charge is 0.163 e. The van der Waals surface area contributed by atoms with Gasteiger partial charge in [0.05, 0.1) is 10.7 Å². The molecule has 1 aromatic carbocycles. The number of benzene rings is 1. The summed E-state index contributed by atoms with van der Waals surface area (Å²) in [6, 6.07) is 3.80. The maximum absolute atomic E-state index is 6.28. The van der Waals surface area contributed by atoms with Gasteiger partial charge in [0.15, 0.2) is 11.5 Å². The predicted molar refractivity (Wildman–Crippen MR) is 77.5 cm³/mol. The third-order valence-corrected chi connectivity index (χ3v) is 4.25. The van der Waals surface area contributed by atoms with Gasteiger partial charge in [0.25, 0.3) is 0 Å². The zero-order chi connectivity index (χ0) is 13.1. The molecule has 0 saturated heterocycles. The van der Waals surface area contributed by atoms with Crippen LogP contribution in [0.25, 0.3) is 0 Å². The van der Waals surface area contributed by atoms with Crippen LogP contribution in [-0.4, -0.2) is 19.8 Å². The van der Waals surface area contributed by atoms with E-state index in [9.17, 15) is 0 Å². The highest BCUT2D eigenvalue weighted by Gasteiger charge is 2.17. The van der Waals surface area contributed by atoms with Crippen LogP contribution in [-0.2, 0) is 0 Å². The van der Waals surface area contributed by atoms with Crippen LogP contribution in [0.3, 0.4) is 0 Å². The molecule has 0 atom stereocenters. The normalized spacial score (nSPS) is 19.2. The lowest BCUT2D eigenvalue weighted by Crippen LogP contribution is -2.18. The summed E-state index contributed by atoms with van der Waals surface area (Å²) < 4.78 is 11.1. The molecule has 0 aromatic heterocycles. The second-order valence-electron chi connectivity index (χ2n) is 5.36. The van der Waals surface area contributed by atoms with Gasteiger partial charge in [0.1, 0.15) is 13.2 Å². The molecule has 1 heterocycles. The molecule has 1 saturated carbocycles. The molecule has 1 aliphatic carbocycles. The van der Waals surface area contributed by atoms with E-state index in [1.54, 1.807) is 0 Å². The summed E-state index contributed by atoms with van der Waals surface area (Å²) >= 11 is 6.28. The van der Waals surface area contributed by atoms with Crippen molar-refractivity contribution >= 4 is 17.3 Å². The average molecular weight is 282 g/mol.